The maximum Gasteiger partial charge on any atom is 0.317 e. The van der Waals surface area contributed by atoms with E-state index in [1.807, 2.05) is 4.90 Å². The van der Waals surface area contributed by atoms with E-state index in [-0.39, 0.29) is 6.03 Å². The van der Waals surface area contributed by atoms with E-state index in [9.17, 15) is 4.79 Å². The lowest BCUT2D eigenvalue weighted by atomic mass is 9.98. The molecular formula is C15H25N5O. The number of rotatable bonds is 4. The van der Waals surface area contributed by atoms with E-state index < -0.39 is 0 Å². The van der Waals surface area contributed by atoms with Crippen LogP contribution in [0.5, 0.6) is 0 Å². The smallest absolute Gasteiger partial charge is 0.317 e. The largest absolute Gasteiger partial charge is 0.349 e. The van der Waals surface area contributed by atoms with E-state index in [4.69, 9.17) is 0 Å². The van der Waals surface area contributed by atoms with Gasteiger partial charge in [0.2, 0.25) is 0 Å². The second kappa shape index (κ2) is 6.47. The van der Waals surface area contributed by atoms with E-state index in [1.165, 1.54) is 25.8 Å². The van der Waals surface area contributed by atoms with Gasteiger partial charge in [-0.1, -0.05) is 6.42 Å². The van der Waals surface area contributed by atoms with Gasteiger partial charge >= 0.3 is 6.03 Å². The highest BCUT2D eigenvalue weighted by molar-refractivity contribution is 5.75. The third kappa shape index (κ3) is 3.37. The summed E-state index contributed by atoms with van der Waals surface area (Å²) >= 11 is 0. The Morgan fingerprint density at radius 1 is 1.48 bits per heavy atom. The first kappa shape index (κ1) is 14.4. The Morgan fingerprint density at radius 2 is 2.33 bits per heavy atom. The number of carbonyl (C=O) groups is 1. The number of piperidine rings is 1. The molecule has 0 unspecified atom stereocenters. The highest BCUT2D eigenvalue weighted by Gasteiger charge is 2.37. The van der Waals surface area contributed by atoms with Crippen molar-refractivity contribution < 1.29 is 4.79 Å². The standard InChI is InChI=1S/C15H25N5O/c1-12-4-2-3-9-20(12)13-10-19(11-13)15(21)18-6-5-14-16-7-8-17-14/h7-8,12-13H,2-6,9-11H2,1H3,(H,16,17)(H,18,21)/t12-/m1/s1. The predicted molar refractivity (Wildman–Crippen MR) is 81.1 cm³/mol. The molecule has 1 aromatic heterocycles. The Bertz CT molecular complexity index is 455. The number of likely N-dealkylation sites (tertiary alicyclic amines) is 2. The second-order valence-corrected chi connectivity index (χ2v) is 6.16. The molecule has 2 aliphatic rings. The number of nitrogens with one attached hydrogen (secondary N) is 2. The van der Waals surface area contributed by atoms with Gasteiger partial charge in [-0.3, -0.25) is 4.90 Å². The molecule has 0 saturated carbocycles. The van der Waals surface area contributed by atoms with Crippen molar-refractivity contribution in [3.63, 3.8) is 0 Å². The lowest BCUT2D eigenvalue weighted by molar-refractivity contribution is 0.0170. The number of H-pyrrole nitrogens is 1. The van der Waals surface area contributed by atoms with Gasteiger partial charge in [0.25, 0.3) is 0 Å². The van der Waals surface area contributed by atoms with Gasteiger partial charge in [-0.2, -0.15) is 0 Å². The molecule has 3 rings (SSSR count). The van der Waals surface area contributed by atoms with Crippen molar-refractivity contribution in [2.75, 3.05) is 26.2 Å². The monoisotopic (exact) mass is 291 g/mol. The number of urea groups is 1. The predicted octanol–water partition coefficient (Wildman–Crippen LogP) is 1.22. The van der Waals surface area contributed by atoms with E-state index in [2.05, 4.69) is 27.1 Å². The minimum Gasteiger partial charge on any atom is -0.349 e. The van der Waals surface area contributed by atoms with E-state index >= 15 is 0 Å². The third-order valence-corrected chi connectivity index (χ3v) is 4.67. The number of hydrogen-bond donors (Lipinski definition) is 2. The van der Waals surface area contributed by atoms with Gasteiger partial charge < -0.3 is 15.2 Å². The Morgan fingerprint density at radius 3 is 3.05 bits per heavy atom. The van der Waals surface area contributed by atoms with Gasteiger partial charge in [0.15, 0.2) is 0 Å². The zero-order valence-corrected chi connectivity index (χ0v) is 12.7. The SMILES string of the molecule is C[C@@H]1CCCCN1C1CN(C(=O)NCCc2ncc[nH]2)C1. The number of nitrogens with zero attached hydrogens (tertiary/aromatic N) is 3. The molecule has 1 aromatic rings. The van der Waals surface area contributed by atoms with Crippen molar-refractivity contribution in [2.45, 2.75) is 44.7 Å². The lowest BCUT2D eigenvalue weighted by Gasteiger charge is -2.49. The molecular weight excluding hydrogens is 266 g/mol. The van der Waals surface area contributed by atoms with Crippen LogP contribution in [0.1, 0.15) is 32.0 Å². The molecule has 2 fully saturated rings. The van der Waals surface area contributed by atoms with Crippen molar-refractivity contribution in [3.05, 3.63) is 18.2 Å². The molecule has 116 valence electrons. The number of hydrogen-bond acceptors (Lipinski definition) is 3. The van der Waals surface area contributed by atoms with E-state index in [1.54, 1.807) is 12.4 Å². The summed E-state index contributed by atoms with van der Waals surface area (Å²) in [6.07, 6.45) is 8.23. The van der Waals surface area contributed by atoms with Gasteiger partial charge in [0.05, 0.1) is 0 Å². The molecule has 0 spiro atoms. The minimum absolute atomic E-state index is 0.0578. The molecule has 6 heteroatoms. The summed E-state index contributed by atoms with van der Waals surface area (Å²) in [5.41, 5.74) is 0. The number of aromatic amines is 1. The Kier molecular flexibility index (Phi) is 4.43. The van der Waals surface area contributed by atoms with Gasteiger partial charge in [-0.05, 0) is 26.3 Å². The fourth-order valence-corrected chi connectivity index (χ4v) is 3.33. The summed E-state index contributed by atoms with van der Waals surface area (Å²) in [6.45, 7) is 5.88. The normalized spacial score (nSPS) is 23.9. The molecule has 0 bridgehead atoms. The van der Waals surface area contributed by atoms with Crippen molar-refractivity contribution in [1.82, 2.24) is 25.1 Å². The lowest BCUT2D eigenvalue weighted by Crippen LogP contribution is -2.65. The van der Waals surface area contributed by atoms with E-state index in [0.717, 1.165) is 25.3 Å². The highest BCUT2D eigenvalue weighted by Crippen LogP contribution is 2.24. The molecule has 0 aromatic carbocycles. The highest BCUT2D eigenvalue weighted by atomic mass is 16.2. The molecule has 2 saturated heterocycles. The summed E-state index contributed by atoms with van der Waals surface area (Å²) in [5, 5.41) is 2.97. The fourth-order valence-electron chi connectivity index (χ4n) is 3.33. The van der Waals surface area contributed by atoms with Crippen LogP contribution >= 0.6 is 0 Å². The Labute approximate surface area is 125 Å². The van der Waals surface area contributed by atoms with Crippen LogP contribution in [0.3, 0.4) is 0 Å². The summed E-state index contributed by atoms with van der Waals surface area (Å²) in [5.74, 6) is 0.916. The third-order valence-electron chi connectivity index (χ3n) is 4.67. The van der Waals surface area contributed by atoms with Crippen LogP contribution in [0.15, 0.2) is 12.4 Å². The first-order valence-corrected chi connectivity index (χ1v) is 8.01. The van der Waals surface area contributed by atoms with Crippen LogP contribution in [0.4, 0.5) is 4.79 Å². The zero-order chi connectivity index (χ0) is 14.7. The van der Waals surface area contributed by atoms with Crippen LogP contribution in [0.2, 0.25) is 0 Å². The fraction of sp³-hybridized carbons (Fsp3) is 0.733. The van der Waals surface area contributed by atoms with Crippen LogP contribution in [0, 0.1) is 0 Å². The molecule has 2 amide bonds. The van der Waals surface area contributed by atoms with Crippen LogP contribution in [-0.2, 0) is 6.42 Å². The van der Waals surface area contributed by atoms with Crippen LogP contribution < -0.4 is 5.32 Å². The van der Waals surface area contributed by atoms with Crippen LogP contribution in [-0.4, -0.2) is 64.1 Å². The molecule has 3 heterocycles. The Hall–Kier alpha value is -1.56. The van der Waals surface area contributed by atoms with Gasteiger partial charge in [-0.25, -0.2) is 9.78 Å². The first-order valence-electron chi connectivity index (χ1n) is 8.01. The van der Waals surface area contributed by atoms with Crippen molar-refractivity contribution >= 4 is 6.03 Å². The van der Waals surface area contributed by atoms with Crippen molar-refractivity contribution in [2.24, 2.45) is 0 Å². The number of amides is 2. The van der Waals surface area contributed by atoms with Gasteiger partial charge in [0, 0.05) is 50.5 Å². The van der Waals surface area contributed by atoms with Gasteiger partial charge in [0.1, 0.15) is 5.82 Å². The first-order chi connectivity index (χ1) is 10.2. The average molecular weight is 291 g/mol. The topological polar surface area (TPSA) is 64.3 Å². The van der Waals surface area contributed by atoms with Crippen molar-refractivity contribution in [3.8, 4) is 0 Å². The molecule has 1 atom stereocenters. The summed E-state index contributed by atoms with van der Waals surface area (Å²) in [7, 11) is 0. The van der Waals surface area contributed by atoms with Gasteiger partial charge in [-0.15, -0.1) is 0 Å². The van der Waals surface area contributed by atoms with Crippen LogP contribution in [0.25, 0.3) is 0 Å². The average Bonchev–Trinajstić information content (AvgIpc) is 2.92. The number of carbonyl (C=O) groups excluding carboxylic acids is 1. The summed E-state index contributed by atoms with van der Waals surface area (Å²) in [4.78, 5) is 23.7. The Balaban J connectivity index is 1.36. The maximum absolute atomic E-state index is 12.0. The maximum atomic E-state index is 12.0. The van der Waals surface area contributed by atoms with Crippen molar-refractivity contribution in [1.29, 1.82) is 0 Å². The quantitative estimate of drug-likeness (QED) is 0.877. The molecule has 2 aliphatic heterocycles. The summed E-state index contributed by atoms with van der Waals surface area (Å²) in [6, 6.07) is 1.30. The summed E-state index contributed by atoms with van der Waals surface area (Å²) < 4.78 is 0. The molecule has 6 nitrogen and oxygen atoms in total. The molecule has 2 N–H and O–H groups in total. The molecule has 0 aliphatic carbocycles. The minimum atomic E-state index is 0.0578. The number of imidazole rings is 1. The number of aromatic nitrogens is 2. The second-order valence-electron chi connectivity index (χ2n) is 6.16. The zero-order valence-electron chi connectivity index (χ0n) is 12.7. The van der Waals surface area contributed by atoms with E-state index in [0.29, 0.717) is 18.6 Å². The molecule has 21 heavy (non-hydrogen) atoms. The molecule has 0 radical (unpaired) electrons.